The van der Waals surface area contributed by atoms with E-state index in [2.05, 4.69) is 5.32 Å². The molecular formula is C15H14ClNO2S. The maximum Gasteiger partial charge on any atom is 0.251 e. The topological polar surface area (TPSA) is 38.3 Å². The third-order valence-electron chi connectivity index (χ3n) is 3.32. The van der Waals surface area contributed by atoms with Crippen LogP contribution in [0.2, 0.25) is 4.34 Å². The van der Waals surface area contributed by atoms with Gasteiger partial charge in [-0.25, -0.2) is 0 Å². The molecule has 1 amide bonds. The molecule has 104 valence electrons. The number of hydrogen-bond donors (Lipinski definition) is 1. The molecule has 2 aromatic rings. The third-order valence-corrected chi connectivity index (χ3v) is 4.73. The van der Waals surface area contributed by atoms with Gasteiger partial charge in [0.15, 0.2) is 0 Å². The van der Waals surface area contributed by atoms with Crippen molar-refractivity contribution in [3.63, 3.8) is 0 Å². The van der Waals surface area contributed by atoms with Crippen LogP contribution in [0.3, 0.4) is 0 Å². The van der Waals surface area contributed by atoms with Crippen LogP contribution < -0.4 is 10.1 Å². The van der Waals surface area contributed by atoms with Crippen LogP contribution in [-0.2, 0) is 6.42 Å². The summed E-state index contributed by atoms with van der Waals surface area (Å²) in [6.07, 6.45) is 0.868. The Labute approximate surface area is 126 Å². The van der Waals surface area contributed by atoms with Gasteiger partial charge in [0, 0.05) is 16.9 Å². The van der Waals surface area contributed by atoms with Gasteiger partial charge in [-0.05, 0) is 42.8 Å². The monoisotopic (exact) mass is 307 g/mol. The lowest BCUT2D eigenvalue weighted by Crippen LogP contribution is -2.26. The standard InChI is InChI=1S/C15H14ClNO2S/c1-9(13-4-5-14(16)20-13)17-15(18)11-2-3-12-10(8-11)6-7-19-12/h2-5,8-9H,6-7H2,1H3,(H,17,18). The average Bonchev–Trinajstić information content (AvgIpc) is 3.05. The first-order chi connectivity index (χ1) is 9.63. The zero-order valence-electron chi connectivity index (χ0n) is 11.0. The SMILES string of the molecule is CC(NC(=O)c1ccc2c(c1)CCO2)c1ccc(Cl)s1. The highest BCUT2D eigenvalue weighted by Gasteiger charge is 2.17. The molecule has 1 unspecified atom stereocenters. The van der Waals surface area contributed by atoms with E-state index in [9.17, 15) is 4.79 Å². The Morgan fingerprint density at radius 2 is 2.25 bits per heavy atom. The molecule has 5 heteroatoms. The minimum atomic E-state index is -0.0725. The summed E-state index contributed by atoms with van der Waals surface area (Å²) in [5, 5.41) is 2.99. The summed E-state index contributed by atoms with van der Waals surface area (Å²) < 4.78 is 6.17. The number of carbonyl (C=O) groups excluding carboxylic acids is 1. The second-order valence-corrected chi connectivity index (χ2v) is 6.50. The Balaban J connectivity index is 1.73. The summed E-state index contributed by atoms with van der Waals surface area (Å²) in [6.45, 7) is 2.65. The highest BCUT2D eigenvalue weighted by molar-refractivity contribution is 7.16. The largest absolute Gasteiger partial charge is 0.493 e. The molecule has 0 saturated heterocycles. The van der Waals surface area contributed by atoms with Crippen molar-refractivity contribution in [2.75, 3.05) is 6.61 Å². The van der Waals surface area contributed by atoms with Crippen molar-refractivity contribution in [3.05, 3.63) is 50.7 Å². The molecular weight excluding hydrogens is 294 g/mol. The van der Waals surface area contributed by atoms with Crippen LogP contribution in [0.25, 0.3) is 0 Å². The smallest absolute Gasteiger partial charge is 0.251 e. The summed E-state index contributed by atoms with van der Waals surface area (Å²) in [5.41, 5.74) is 1.77. The van der Waals surface area contributed by atoms with E-state index >= 15 is 0 Å². The lowest BCUT2D eigenvalue weighted by atomic mass is 10.1. The molecule has 0 spiro atoms. The molecule has 1 atom stereocenters. The fraction of sp³-hybridized carbons (Fsp3) is 0.267. The fourth-order valence-corrected chi connectivity index (χ4v) is 3.30. The minimum absolute atomic E-state index is 0.0514. The first kappa shape index (κ1) is 13.5. The molecule has 1 aliphatic rings. The van der Waals surface area contributed by atoms with E-state index in [1.165, 1.54) is 11.3 Å². The molecule has 0 bridgehead atoms. The van der Waals surface area contributed by atoms with Crippen LogP contribution in [0.15, 0.2) is 30.3 Å². The number of nitrogens with one attached hydrogen (secondary N) is 1. The summed E-state index contributed by atoms with van der Waals surface area (Å²) in [4.78, 5) is 13.3. The van der Waals surface area contributed by atoms with Crippen molar-refractivity contribution in [2.45, 2.75) is 19.4 Å². The highest BCUT2D eigenvalue weighted by Crippen LogP contribution is 2.28. The number of carbonyl (C=O) groups is 1. The molecule has 20 heavy (non-hydrogen) atoms. The first-order valence-electron chi connectivity index (χ1n) is 6.45. The highest BCUT2D eigenvalue weighted by atomic mass is 35.5. The predicted octanol–water partition coefficient (Wildman–Crippen LogP) is 3.83. The Bertz CT molecular complexity index is 653. The Morgan fingerprint density at radius 1 is 1.40 bits per heavy atom. The number of benzene rings is 1. The van der Waals surface area contributed by atoms with Gasteiger partial charge in [-0.3, -0.25) is 4.79 Å². The quantitative estimate of drug-likeness (QED) is 0.936. The number of halogens is 1. The van der Waals surface area contributed by atoms with Crippen molar-refractivity contribution >= 4 is 28.8 Å². The maximum absolute atomic E-state index is 12.3. The summed E-state index contributed by atoms with van der Waals surface area (Å²) in [5.74, 6) is 0.816. The van der Waals surface area contributed by atoms with E-state index in [1.54, 1.807) is 6.07 Å². The van der Waals surface area contributed by atoms with Gasteiger partial charge < -0.3 is 10.1 Å². The van der Waals surface area contributed by atoms with E-state index in [0.29, 0.717) is 12.2 Å². The first-order valence-corrected chi connectivity index (χ1v) is 7.65. The van der Waals surface area contributed by atoms with Gasteiger partial charge in [-0.2, -0.15) is 0 Å². The number of fused-ring (bicyclic) bond motifs is 1. The molecule has 3 nitrogen and oxygen atoms in total. The molecule has 3 rings (SSSR count). The predicted molar refractivity (Wildman–Crippen MR) is 80.9 cm³/mol. The normalized spacial score (nSPS) is 14.5. The number of hydrogen-bond acceptors (Lipinski definition) is 3. The van der Waals surface area contributed by atoms with Crippen LogP contribution in [0, 0.1) is 0 Å². The molecule has 1 aliphatic heterocycles. The van der Waals surface area contributed by atoms with Crippen LogP contribution in [0.5, 0.6) is 5.75 Å². The fourth-order valence-electron chi connectivity index (χ4n) is 2.24. The van der Waals surface area contributed by atoms with Crippen LogP contribution in [0.1, 0.15) is 33.8 Å². The molecule has 1 aromatic carbocycles. The lowest BCUT2D eigenvalue weighted by Gasteiger charge is -2.12. The number of thiophene rings is 1. The zero-order chi connectivity index (χ0) is 14.1. The number of amides is 1. The second-order valence-electron chi connectivity index (χ2n) is 4.76. The molecule has 0 fully saturated rings. The van der Waals surface area contributed by atoms with E-state index in [-0.39, 0.29) is 11.9 Å². The van der Waals surface area contributed by atoms with Crippen molar-refractivity contribution in [1.82, 2.24) is 5.32 Å². The Hall–Kier alpha value is -1.52. The zero-order valence-corrected chi connectivity index (χ0v) is 12.6. The van der Waals surface area contributed by atoms with E-state index in [4.69, 9.17) is 16.3 Å². The van der Waals surface area contributed by atoms with Crippen molar-refractivity contribution in [3.8, 4) is 5.75 Å². The van der Waals surface area contributed by atoms with Crippen LogP contribution >= 0.6 is 22.9 Å². The van der Waals surface area contributed by atoms with Gasteiger partial charge in [0.05, 0.1) is 17.0 Å². The van der Waals surface area contributed by atoms with Crippen molar-refractivity contribution in [2.24, 2.45) is 0 Å². The van der Waals surface area contributed by atoms with Gasteiger partial charge >= 0.3 is 0 Å². The summed E-state index contributed by atoms with van der Waals surface area (Å²) >= 11 is 7.40. The third kappa shape index (κ3) is 2.67. The molecule has 0 aliphatic carbocycles. The molecule has 2 heterocycles. The van der Waals surface area contributed by atoms with Gasteiger partial charge in [0.2, 0.25) is 0 Å². The molecule has 0 saturated carbocycles. The number of ether oxygens (including phenoxy) is 1. The van der Waals surface area contributed by atoms with Gasteiger partial charge in [-0.15, -0.1) is 11.3 Å². The van der Waals surface area contributed by atoms with Crippen LogP contribution in [-0.4, -0.2) is 12.5 Å². The van der Waals surface area contributed by atoms with Crippen LogP contribution in [0.4, 0.5) is 0 Å². The van der Waals surface area contributed by atoms with E-state index < -0.39 is 0 Å². The van der Waals surface area contributed by atoms with Crippen molar-refractivity contribution in [1.29, 1.82) is 0 Å². The second kappa shape index (κ2) is 5.46. The number of rotatable bonds is 3. The Morgan fingerprint density at radius 3 is 3.00 bits per heavy atom. The maximum atomic E-state index is 12.3. The van der Waals surface area contributed by atoms with Gasteiger partial charge in [-0.1, -0.05) is 11.6 Å². The van der Waals surface area contributed by atoms with E-state index in [0.717, 1.165) is 26.9 Å². The summed E-state index contributed by atoms with van der Waals surface area (Å²) in [6, 6.07) is 9.30. The van der Waals surface area contributed by atoms with Gasteiger partial charge in [0.1, 0.15) is 5.75 Å². The van der Waals surface area contributed by atoms with E-state index in [1.807, 2.05) is 31.2 Å². The molecule has 1 aromatic heterocycles. The lowest BCUT2D eigenvalue weighted by molar-refractivity contribution is 0.0940. The van der Waals surface area contributed by atoms with Gasteiger partial charge in [0.25, 0.3) is 5.91 Å². The minimum Gasteiger partial charge on any atom is -0.493 e. The summed E-state index contributed by atoms with van der Waals surface area (Å²) in [7, 11) is 0. The Kier molecular flexibility index (Phi) is 3.68. The molecule has 1 N–H and O–H groups in total. The average molecular weight is 308 g/mol. The van der Waals surface area contributed by atoms with Crippen molar-refractivity contribution < 1.29 is 9.53 Å². The molecule has 0 radical (unpaired) electrons.